The molecule has 0 aliphatic carbocycles. The van der Waals surface area contributed by atoms with Crippen LogP contribution >= 0.6 is 0 Å². The number of anilines is 2. The third-order valence-electron chi connectivity index (χ3n) is 3.53. The Labute approximate surface area is 192 Å². The highest BCUT2D eigenvalue weighted by Gasteiger charge is 1.99. The fourth-order valence-electron chi connectivity index (χ4n) is 1.92. The largest absolute Gasteiger partial charge is 0.478 e. The van der Waals surface area contributed by atoms with Gasteiger partial charge in [0.05, 0.1) is 64.0 Å². The molecular weight excluding hydrogens is 436 g/mol. The molecule has 0 aliphatic heterocycles. The molecule has 2 rings (SSSR count). The minimum Gasteiger partial charge on any atom is -0.478 e. The molecular formula is C22H32N2O9. The predicted octanol–water partition coefficient (Wildman–Crippen LogP) is 0.955. The van der Waals surface area contributed by atoms with Crippen molar-refractivity contribution >= 4 is 23.3 Å². The Bertz CT molecular complexity index is 703. The number of aromatic carboxylic acids is 2. The number of nitrogens with two attached hydrogens (primary N) is 2. The van der Waals surface area contributed by atoms with Gasteiger partial charge in [0.2, 0.25) is 0 Å². The number of carbonyl (C=O) groups is 2. The van der Waals surface area contributed by atoms with E-state index in [0.29, 0.717) is 51.0 Å². The molecule has 11 nitrogen and oxygen atoms in total. The summed E-state index contributed by atoms with van der Waals surface area (Å²) in [7, 11) is 0. The number of ether oxygens (including phenoxy) is 3. The number of aliphatic hydroxyl groups is 2. The van der Waals surface area contributed by atoms with Crippen molar-refractivity contribution in [1.29, 1.82) is 0 Å². The summed E-state index contributed by atoms with van der Waals surface area (Å²) in [6.45, 7) is 2.76. The van der Waals surface area contributed by atoms with Crippen molar-refractivity contribution in [2.45, 2.75) is 0 Å². The summed E-state index contributed by atoms with van der Waals surface area (Å²) in [6.07, 6.45) is 0. The van der Waals surface area contributed by atoms with Gasteiger partial charge in [-0.3, -0.25) is 0 Å². The van der Waals surface area contributed by atoms with Gasteiger partial charge in [-0.15, -0.1) is 0 Å². The van der Waals surface area contributed by atoms with Crippen LogP contribution in [0.15, 0.2) is 48.5 Å². The Morgan fingerprint density at radius 3 is 1.09 bits per heavy atom. The monoisotopic (exact) mass is 468 g/mol. The zero-order valence-electron chi connectivity index (χ0n) is 18.3. The van der Waals surface area contributed by atoms with Crippen molar-refractivity contribution in [3.8, 4) is 0 Å². The van der Waals surface area contributed by atoms with E-state index in [4.69, 9.17) is 46.1 Å². The maximum absolute atomic E-state index is 10.3. The van der Waals surface area contributed by atoms with Crippen LogP contribution in [0.2, 0.25) is 0 Å². The van der Waals surface area contributed by atoms with Crippen LogP contribution in [0.4, 0.5) is 11.4 Å². The SMILES string of the molecule is Nc1ccc(C(=O)O)cc1.Nc1ccc(C(=O)O)cc1.OCCOCCOCCOCCO. The minimum atomic E-state index is -0.931. The van der Waals surface area contributed by atoms with Crippen LogP contribution in [0.1, 0.15) is 20.7 Å². The van der Waals surface area contributed by atoms with E-state index in [1.807, 2.05) is 0 Å². The summed E-state index contributed by atoms with van der Waals surface area (Å²) in [6, 6.07) is 12.1. The fraction of sp³-hybridized carbons (Fsp3) is 0.364. The minimum absolute atomic E-state index is 0.0413. The van der Waals surface area contributed by atoms with Crippen LogP contribution in [0.3, 0.4) is 0 Å². The molecule has 0 fully saturated rings. The molecule has 0 bridgehead atoms. The molecule has 0 unspecified atom stereocenters. The lowest BCUT2D eigenvalue weighted by molar-refractivity contribution is 0.00230. The van der Waals surface area contributed by atoms with Crippen LogP contribution in [0, 0.1) is 0 Å². The lowest BCUT2D eigenvalue weighted by Gasteiger charge is -2.04. The fourth-order valence-corrected chi connectivity index (χ4v) is 1.92. The lowest BCUT2D eigenvalue weighted by Crippen LogP contribution is -2.11. The molecule has 0 saturated heterocycles. The average Bonchev–Trinajstić information content (AvgIpc) is 2.79. The van der Waals surface area contributed by atoms with Crippen molar-refractivity contribution in [3.05, 3.63) is 59.7 Å². The van der Waals surface area contributed by atoms with Crippen LogP contribution in [0.5, 0.6) is 0 Å². The van der Waals surface area contributed by atoms with Crippen LogP contribution in [-0.2, 0) is 14.2 Å². The van der Waals surface area contributed by atoms with Crippen LogP contribution in [-0.4, -0.2) is 85.2 Å². The number of carboxylic acids is 2. The third kappa shape index (κ3) is 17.1. The van der Waals surface area contributed by atoms with E-state index in [1.165, 1.54) is 24.3 Å². The summed E-state index contributed by atoms with van der Waals surface area (Å²) in [5, 5.41) is 33.6. The molecule has 0 aliphatic rings. The Morgan fingerprint density at radius 1 is 0.576 bits per heavy atom. The van der Waals surface area contributed by atoms with Crippen LogP contribution < -0.4 is 11.5 Å². The Kier molecular flexibility index (Phi) is 17.6. The highest BCUT2D eigenvalue weighted by atomic mass is 16.5. The first kappa shape index (κ1) is 29.8. The molecule has 2 aromatic rings. The smallest absolute Gasteiger partial charge is 0.335 e. The first-order valence-corrected chi connectivity index (χ1v) is 9.94. The molecule has 0 spiro atoms. The van der Waals surface area contributed by atoms with Gasteiger partial charge in [0.25, 0.3) is 0 Å². The Morgan fingerprint density at radius 2 is 0.848 bits per heavy atom. The molecule has 0 amide bonds. The molecule has 0 radical (unpaired) electrons. The van der Waals surface area contributed by atoms with E-state index < -0.39 is 11.9 Å². The molecule has 33 heavy (non-hydrogen) atoms. The normalized spacial score (nSPS) is 9.76. The summed E-state index contributed by atoms with van der Waals surface area (Å²) >= 11 is 0. The van der Waals surface area contributed by atoms with Gasteiger partial charge in [-0.05, 0) is 48.5 Å². The summed E-state index contributed by atoms with van der Waals surface area (Å²) < 4.78 is 15.0. The molecule has 8 N–H and O–H groups in total. The second-order valence-corrected chi connectivity index (χ2v) is 6.14. The van der Waals surface area contributed by atoms with Gasteiger partial charge in [0, 0.05) is 11.4 Å². The Balaban J connectivity index is 0.000000470. The standard InChI is InChI=1S/C8H18O5.2C7H7NO2/c9-1-3-11-5-7-13-8-6-12-4-2-10;2*8-6-3-1-5(2-4-6)7(9)10/h9-10H,1-8H2;2*1-4H,8H2,(H,9,10). The van der Waals surface area contributed by atoms with E-state index in [-0.39, 0.29) is 24.3 Å². The highest BCUT2D eigenvalue weighted by molar-refractivity contribution is 5.88. The van der Waals surface area contributed by atoms with Crippen molar-refractivity contribution in [2.24, 2.45) is 0 Å². The van der Waals surface area contributed by atoms with E-state index in [0.717, 1.165) is 0 Å². The zero-order chi connectivity index (χ0) is 24.9. The number of benzene rings is 2. The van der Waals surface area contributed by atoms with E-state index >= 15 is 0 Å². The van der Waals surface area contributed by atoms with Gasteiger partial charge in [-0.1, -0.05) is 0 Å². The second kappa shape index (κ2) is 19.5. The number of nitrogen functional groups attached to an aromatic ring is 2. The summed E-state index contributed by atoms with van der Waals surface area (Å²) in [4.78, 5) is 20.5. The second-order valence-electron chi connectivity index (χ2n) is 6.14. The molecule has 184 valence electrons. The molecule has 2 aromatic carbocycles. The molecule has 0 aromatic heterocycles. The van der Waals surface area contributed by atoms with Crippen molar-refractivity contribution in [1.82, 2.24) is 0 Å². The van der Waals surface area contributed by atoms with E-state index in [1.54, 1.807) is 24.3 Å². The van der Waals surface area contributed by atoms with Gasteiger partial charge in [-0.25, -0.2) is 9.59 Å². The quantitative estimate of drug-likeness (QED) is 0.192. The van der Waals surface area contributed by atoms with E-state index in [2.05, 4.69) is 0 Å². The highest BCUT2D eigenvalue weighted by Crippen LogP contribution is 2.05. The summed E-state index contributed by atoms with van der Waals surface area (Å²) in [5.74, 6) is -1.86. The van der Waals surface area contributed by atoms with Crippen LogP contribution in [0.25, 0.3) is 0 Å². The molecule has 0 atom stereocenters. The number of carboxylic acid groups (broad SMARTS) is 2. The van der Waals surface area contributed by atoms with Crippen molar-refractivity contribution in [2.75, 3.05) is 64.3 Å². The van der Waals surface area contributed by atoms with Crippen molar-refractivity contribution in [3.63, 3.8) is 0 Å². The predicted molar refractivity (Wildman–Crippen MR) is 122 cm³/mol. The van der Waals surface area contributed by atoms with Crippen molar-refractivity contribution < 1.29 is 44.2 Å². The molecule has 0 saturated carbocycles. The maximum atomic E-state index is 10.3. The van der Waals surface area contributed by atoms with Gasteiger partial charge in [-0.2, -0.15) is 0 Å². The topological polar surface area (TPSA) is 195 Å². The van der Waals surface area contributed by atoms with Gasteiger partial charge < -0.3 is 46.1 Å². The zero-order valence-corrected chi connectivity index (χ0v) is 18.3. The summed E-state index contributed by atoms with van der Waals surface area (Å²) in [5.41, 5.74) is 12.3. The average molecular weight is 469 g/mol. The molecule has 0 heterocycles. The number of hydrogen-bond donors (Lipinski definition) is 6. The maximum Gasteiger partial charge on any atom is 0.335 e. The van der Waals surface area contributed by atoms with Gasteiger partial charge in [0.1, 0.15) is 0 Å². The van der Waals surface area contributed by atoms with Gasteiger partial charge >= 0.3 is 11.9 Å². The first-order chi connectivity index (χ1) is 15.8. The first-order valence-electron chi connectivity index (χ1n) is 9.94. The van der Waals surface area contributed by atoms with E-state index in [9.17, 15) is 9.59 Å². The Hall–Kier alpha value is -3.22. The molecule has 11 heteroatoms. The number of rotatable bonds is 12. The third-order valence-corrected chi connectivity index (χ3v) is 3.53. The number of aliphatic hydroxyl groups excluding tert-OH is 2. The lowest BCUT2D eigenvalue weighted by atomic mass is 10.2. The van der Waals surface area contributed by atoms with Gasteiger partial charge in [0.15, 0.2) is 0 Å². The number of hydrogen-bond acceptors (Lipinski definition) is 9.